The van der Waals surface area contributed by atoms with Gasteiger partial charge in [-0.05, 0) is 32.1 Å². The zero-order valence-electron chi connectivity index (χ0n) is 10.0. The molecule has 0 amide bonds. The molecule has 0 spiro atoms. The summed E-state index contributed by atoms with van der Waals surface area (Å²) in [5, 5.41) is 19.0. The van der Waals surface area contributed by atoms with Crippen LogP contribution in [0.3, 0.4) is 0 Å². The average Bonchev–Trinajstić information content (AvgIpc) is 2.65. The first-order valence-corrected chi connectivity index (χ1v) is 6.29. The SMILES string of the molecule is CCC(CC)N(CCO)C1CCCC1O. The van der Waals surface area contributed by atoms with Gasteiger partial charge in [0.25, 0.3) is 0 Å². The van der Waals surface area contributed by atoms with E-state index in [-0.39, 0.29) is 18.8 Å². The molecule has 1 rings (SSSR count). The lowest BCUT2D eigenvalue weighted by molar-refractivity contribution is 0.0290. The van der Waals surface area contributed by atoms with Crippen molar-refractivity contribution in [2.45, 2.75) is 64.1 Å². The smallest absolute Gasteiger partial charge is 0.0695 e. The van der Waals surface area contributed by atoms with Gasteiger partial charge < -0.3 is 10.2 Å². The van der Waals surface area contributed by atoms with Crippen LogP contribution in [0.2, 0.25) is 0 Å². The molecule has 0 aromatic heterocycles. The topological polar surface area (TPSA) is 43.7 Å². The van der Waals surface area contributed by atoms with Crippen LogP contribution in [0, 0.1) is 0 Å². The van der Waals surface area contributed by atoms with Crippen molar-refractivity contribution in [3.63, 3.8) is 0 Å². The molecule has 15 heavy (non-hydrogen) atoms. The Kier molecular flexibility index (Phi) is 5.58. The van der Waals surface area contributed by atoms with Crippen LogP contribution in [0.5, 0.6) is 0 Å². The standard InChI is InChI=1S/C12H25NO2/c1-3-10(4-2)13(8-9-14)11-6-5-7-12(11)15/h10-12,14-15H,3-9H2,1-2H3. The molecule has 0 heterocycles. The van der Waals surface area contributed by atoms with E-state index >= 15 is 0 Å². The van der Waals surface area contributed by atoms with Crippen LogP contribution in [-0.4, -0.2) is 46.5 Å². The first kappa shape index (κ1) is 12.9. The van der Waals surface area contributed by atoms with E-state index < -0.39 is 0 Å². The maximum absolute atomic E-state index is 9.90. The second kappa shape index (κ2) is 6.46. The van der Waals surface area contributed by atoms with Gasteiger partial charge in [0.1, 0.15) is 0 Å². The molecule has 3 heteroatoms. The van der Waals surface area contributed by atoms with Gasteiger partial charge in [-0.15, -0.1) is 0 Å². The highest BCUT2D eigenvalue weighted by Crippen LogP contribution is 2.27. The molecule has 90 valence electrons. The maximum Gasteiger partial charge on any atom is 0.0695 e. The van der Waals surface area contributed by atoms with Crippen molar-refractivity contribution in [2.24, 2.45) is 0 Å². The number of aliphatic hydroxyl groups excluding tert-OH is 2. The number of aliphatic hydroxyl groups is 2. The Labute approximate surface area is 93.1 Å². The van der Waals surface area contributed by atoms with Crippen molar-refractivity contribution >= 4 is 0 Å². The molecule has 0 radical (unpaired) electrons. The third-order valence-electron chi connectivity index (χ3n) is 3.64. The van der Waals surface area contributed by atoms with Crippen LogP contribution in [-0.2, 0) is 0 Å². The second-order valence-corrected chi connectivity index (χ2v) is 4.50. The van der Waals surface area contributed by atoms with Crippen LogP contribution in [0.15, 0.2) is 0 Å². The number of hydrogen-bond acceptors (Lipinski definition) is 3. The van der Waals surface area contributed by atoms with Gasteiger partial charge in [0.2, 0.25) is 0 Å². The molecule has 1 fully saturated rings. The van der Waals surface area contributed by atoms with Gasteiger partial charge in [-0.2, -0.15) is 0 Å². The molecule has 0 aromatic carbocycles. The fourth-order valence-electron chi connectivity index (χ4n) is 2.80. The summed E-state index contributed by atoms with van der Waals surface area (Å²) < 4.78 is 0. The predicted molar refractivity (Wildman–Crippen MR) is 61.8 cm³/mol. The normalized spacial score (nSPS) is 26.8. The fourth-order valence-corrected chi connectivity index (χ4v) is 2.80. The van der Waals surface area contributed by atoms with E-state index in [1.807, 2.05) is 0 Å². The highest BCUT2D eigenvalue weighted by Gasteiger charge is 2.32. The fraction of sp³-hybridized carbons (Fsp3) is 1.00. The van der Waals surface area contributed by atoms with Gasteiger partial charge in [0.15, 0.2) is 0 Å². The van der Waals surface area contributed by atoms with Crippen molar-refractivity contribution in [3.8, 4) is 0 Å². The lowest BCUT2D eigenvalue weighted by Gasteiger charge is -2.36. The highest BCUT2D eigenvalue weighted by atomic mass is 16.3. The molecule has 3 nitrogen and oxygen atoms in total. The quantitative estimate of drug-likeness (QED) is 0.703. The summed E-state index contributed by atoms with van der Waals surface area (Å²) in [5.41, 5.74) is 0. The Balaban J connectivity index is 2.62. The monoisotopic (exact) mass is 215 g/mol. The molecule has 2 atom stereocenters. The molecular formula is C12H25NO2. The minimum Gasteiger partial charge on any atom is -0.395 e. The molecule has 2 unspecified atom stereocenters. The minimum atomic E-state index is -0.183. The third kappa shape index (κ3) is 3.16. The molecule has 1 aliphatic rings. The van der Waals surface area contributed by atoms with E-state index in [1.165, 1.54) is 0 Å². The second-order valence-electron chi connectivity index (χ2n) is 4.50. The minimum absolute atomic E-state index is 0.183. The lowest BCUT2D eigenvalue weighted by Crippen LogP contribution is -2.47. The third-order valence-corrected chi connectivity index (χ3v) is 3.64. The van der Waals surface area contributed by atoms with E-state index in [0.717, 1.165) is 32.1 Å². The molecule has 2 N–H and O–H groups in total. The summed E-state index contributed by atoms with van der Waals surface area (Å²) in [4.78, 5) is 2.32. The Morgan fingerprint density at radius 3 is 2.33 bits per heavy atom. The number of rotatable bonds is 6. The molecule has 1 saturated carbocycles. The zero-order valence-corrected chi connectivity index (χ0v) is 10.0. The Hall–Kier alpha value is -0.120. The predicted octanol–water partition coefficient (Wildman–Crippen LogP) is 1.38. The summed E-state index contributed by atoms with van der Waals surface area (Å²) in [5.74, 6) is 0. The van der Waals surface area contributed by atoms with E-state index in [1.54, 1.807) is 0 Å². The van der Waals surface area contributed by atoms with Crippen LogP contribution in [0.25, 0.3) is 0 Å². The summed E-state index contributed by atoms with van der Waals surface area (Å²) >= 11 is 0. The molecular weight excluding hydrogens is 190 g/mol. The van der Waals surface area contributed by atoms with Crippen LogP contribution in [0.1, 0.15) is 46.0 Å². The molecule has 0 aliphatic heterocycles. The Morgan fingerprint density at radius 1 is 1.27 bits per heavy atom. The van der Waals surface area contributed by atoms with Crippen molar-refractivity contribution < 1.29 is 10.2 Å². The average molecular weight is 215 g/mol. The van der Waals surface area contributed by atoms with Gasteiger partial charge in [0, 0.05) is 18.6 Å². The van der Waals surface area contributed by atoms with Crippen LogP contribution in [0.4, 0.5) is 0 Å². The first-order chi connectivity index (χ1) is 7.24. The zero-order chi connectivity index (χ0) is 11.3. The van der Waals surface area contributed by atoms with Crippen molar-refractivity contribution in [1.29, 1.82) is 0 Å². The van der Waals surface area contributed by atoms with Gasteiger partial charge in [-0.25, -0.2) is 0 Å². The Bertz CT molecular complexity index is 171. The van der Waals surface area contributed by atoms with Crippen LogP contribution < -0.4 is 0 Å². The molecule has 0 bridgehead atoms. The van der Waals surface area contributed by atoms with E-state index in [2.05, 4.69) is 18.7 Å². The largest absolute Gasteiger partial charge is 0.395 e. The number of nitrogens with zero attached hydrogens (tertiary/aromatic N) is 1. The van der Waals surface area contributed by atoms with Gasteiger partial charge in [-0.1, -0.05) is 13.8 Å². The van der Waals surface area contributed by atoms with Gasteiger partial charge in [-0.3, -0.25) is 4.90 Å². The summed E-state index contributed by atoms with van der Waals surface area (Å²) in [6, 6.07) is 0.789. The lowest BCUT2D eigenvalue weighted by atomic mass is 10.1. The molecule has 0 aromatic rings. The first-order valence-electron chi connectivity index (χ1n) is 6.29. The summed E-state index contributed by atoms with van der Waals surface area (Å²) in [6.45, 7) is 5.26. The van der Waals surface area contributed by atoms with Gasteiger partial charge >= 0.3 is 0 Å². The Morgan fingerprint density at radius 2 is 1.93 bits per heavy atom. The molecule has 0 saturated heterocycles. The summed E-state index contributed by atoms with van der Waals surface area (Å²) in [7, 11) is 0. The van der Waals surface area contributed by atoms with E-state index in [9.17, 15) is 5.11 Å². The summed E-state index contributed by atoms with van der Waals surface area (Å²) in [6.07, 6.45) is 5.13. The van der Waals surface area contributed by atoms with Crippen LogP contribution >= 0.6 is 0 Å². The van der Waals surface area contributed by atoms with E-state index in [0.29, 0.717) is 12.6 Å². The van der Waals surface area contributed by atoms with Crippen molar-refractivity contribution in [2.75, 3.05) is 13.2 Å². The van der Waals surface area contributed by atoms with Crippen molar-refractivity contribution in [3.05, 3.63) is 0 Å². The molecule has 1 aliphatic carbocycles. The van der Waals surface area contributed by atoms with Gasteiger partial charge in [0.05, 0.1) is 12.7 Å². The van der Waals surface area contributed by atoms with Crippen molar-refractivity contribution in [1.82, 2.24) is 4.90 Å². The highest BCUT2D eigenvalue weighted by molar-refractivity contribution is 4.88. The maximum atomic E-state index is 9.90. The van der Waals surface area contributed by atoms with E-state index in [4.69, 9.17) is 5.11 Å². The number of hydrogen-bond donors (Lipinski definition) is 2.